The van der Waals surface area contributed by atoms with Crippen LogP contribution in [-0.4, -0.2) is 19.7 Å². The van der Waals surface area contributed by atoms with Crippen molar-refractivity contribution in [2.75, 3.05) is 0 Å². The molecule has 0 N–H and O–H groups in total. The van der Waals surface area contributed by atoms with Crippen molar-refractivity contribution in [1.29, 1.82) is 0 Å². The lowest BCUT2D eigenvalue weighted by Gasteiger charge is -2.04. The Labute approximate surface area is 95.9 Å². The van der Waals surface area contributed by atoms with Crippen molar-refractivity contribution < 1.29 is 9.31 Å². The van der Waals surface area contributed by atoms with Gasteiger partial charge in [0, 0.05) is 12.6 Å². The summed E-state index contributed by atoms with van der Waals surface area (Å²) in [5, 5.41) is 18.0. The normalized spacial score (nSPS) is 10.5. The van der Waals surface area contributed by atoms with Gasteiger partial charge in [0.1, 0.15) is 12.1 Å². The molecule has 1 aromatic heterocycles. The highest BCUT2D eigenvalue weighted by Gasteiger charge is 2.15. The van der Waals surface area contributed by atoms with E-state index in [2.05, 4.69) is 10.2 Å². The lowest BCUT2D eigenvalue weighted by atomic mass is 10.2. The third kappa shape index (κ3) is 1.99. The van der Waals surface area contributed by atoms with E-state index in [9.17, 15) is 14.5 Å². The highest BCUT2D eigenvalue weighted by molar-refractivity contribution is 5.58. The number of aromatic nitrogens is 3. The van der Waals surface area contributed by atoms with E-state index < -0.39 is 10.7 Å². The van der Waals surface area contributed by atoms with Gasteiger partial charge in [-0.15, -0.1) is 10.2 Å². The van der Waals surface area contributed by atoms with Crippen LogP contribution in [0.1, 0.15) is 6.92 Å². The SMILES string of the molecule is CCn1cnnc1-c1ccc([N+](=O)[O-])cc1F. The summed E-state index contributed by atoms with van der Waals surface area (Å²) in [6.07, 6.45) is 1.48. The molecule has 7 heteroatoms. The first-order valence-corrected chi connectivity index (χ1v) is 4.95. The Kier molecular flexibility index (Phi) is 2.82. The van der Waals surface area contributed by atoms with Crippen molar-refractivity contribution >= 4 is 5.69 Å². The molecule has 0 atom stereocenters. The predicted molar refractivity (Wildman–Crippen MR) is 57.7 cm³/mol. The zero-order valence-electron chi connectivity index (χ0n) is 9.00. The second kappa shape index (κ2) is 4.28. The van der Waals surface area contributed by atoms with Crippen LogP contribution in [0.5, 0.6) is 0 Å². The van der Waals surface area contributed by atoms with E-state index in [-0.39, 0.29) is 11.3 Å². The first-order chi connectivity index (χ1) is 8.13. The molecule has 17 heavy (non-hydrogen) atoms. The minimum Gasteiger partial charge on any atom is -0.314 e. The average molecular weight is 236 g/mol. The molecule has 2 rings (SSSR count). The Morgan fingerprint density at radius 1 is 1.53 bits per heavy atom. The Morgan fingerprint density at radius 3 is 2.88 bits per heavy atom. The lowest BCUT2D eigenvalue weighted by molar-refractivity contribution is -0.385. The van der Waals surface area contributed by atoms with Gasteiger partial charge in [0.05, 0.1) is 16.6 Å². The molecule has 0 amide bonds. The van der Waals surface area contributed by atoms with Crippen molar-refractivity contribution in [2.24, 2.45) is 0 Å². The molecule has 0 aliphatic carbocycles. The van der Waals surface area contributed by atoms with E-state index in [0.29, 0.717) is 12.4 Å². The van der Waals surface area contributed by atoms with E-state index in [1.165, 1.54) is 18.5 Å². The van der Waals surface area contributed by atoms with Crippen molar-refractivity contribution in [3.8, 4) is 11.4 Å². The summed E-state index contributed by atoms with van der Waals surface area (Å²) < 4.78 is 15.4. The van der Waals surface area contributed by atoms with Crippen LogP contribution < -0.4 is 0 Å². The molecule has 6 nitrogen and oxygen atoms in total. The highest BCUT2D eigenvalue weighted by Crippen LogP contribution is 2.24. The number of hydrogen-bond donors (Lipinski definition) is 0. The second-order valence-electron chi connectivity index (χ2n) is 3.36. The molecule has 0 aliphatic heterocycles. The van der Waals surface area contributed by atoms with Crippen LogP contribution in [0.4, 0.5) is 10.1 Å². The van der Waals surface area contributed by atoms with Gasteiger partial charge in [0.15, 0.2) is 5.82 Å². The molecule has 88 valence electrons. The van der Waals surface area contributed by atoms with E-state index in [1.54, 1.807) is 4.57 Å². The maximum atomic E-state index is 13.7. The van der Waals surface area contributed by atoms with Gasteiger partial charge in [-0.05, 0) is 13.0 Å². The summed E-state index contributed by atoms with van der Waals surface area (Å²) in [7, 11) is 0. The summed E-state index contributed by atoms with van der Waals surface area (Å²) in [6, 6.07) is 3.46. The number of nitrogens with zero attached hydrogens (tertiary/aromatic N) is 4. The number of non-ortho nitro benzene ring substituents is 1. The Hall–Kier alpha value is -2.31. The molecule has 0 aliphatic rings. The number of aryl methyl sites for hydroxylation is 1. The van der Waals surface area contributed by atoms with Crippen LogP contribution in [0.2, 0.25) is 0 Å². The number of rotatable bonds is 3. The molecule has 0 unspecified atom stereocenters. The van der Waals surface area contributed by atoms with Crippen molar-refractivity contribution in [1.82, 2.24) is 14.8 Å². The zero-order valence-corrected chi connectivity index (χ0v) is 9.00. The first kappa shape index (κ1) is 11.2. The molecule has 0 saturated heterocycles. The average Bonchev–Trinajstić information content (AvgIpc) is 2.76. The van der Waals surface area contributed by atoms with Crippen LogP contribution in [0, 0.1) is 15.9 Å². The van der Waals surface area contributed by atoms with Gasteiger partial charge >= 0.3 is 0 Å². The fraction of sp³-hybridized carbons (Fsp3) is 0.200. The van der Waals surface area contributed by atoms with Crippen LogP contribution in [0.3, 0.4) is 0 Å². The Bertz CT molecular complexity index is 567. The van der Waals surface area contributed by atoms with Gasteiger partial charge in [-0.2, -0.15) is 0 Å². The number of halogens is 1. The van der Waals surface area contributed by atoms with Crippen molar-refractivity contribution in [2.45, 2.75) is 13.5 Å². The number of nitro groups is 1. The minimum absolute atomic E-state index is 0.204. The summed E-state index contributed by atoms with van der Waals surface area (Å²) in [6.45, 7) is 2.47. The molecule has 1 aromatic carbocycles. The monoisotopic (exact) mass is 236 g/mol. The van der Waals surface area contributed by atoms with Crippen LogP contribution >= 0.6 is 0 Å². The molecule has 0 radical (unpaired) electrons. The maximum absolute atomic E-state index is 13.7. The largest absolute Gasteiger partial charge is 0.314 e. The van der Waals surface area contributed by atoms with Crippen molar-refractivity contribution in [3.05, 3.63) is 40.5 Å². The maximum Gasteiger partial charge on any atom is 0.272 e. The number of hydrogen-bond acceptors (Lipinski definition) is 4. The number of benzene rings is 1. The van der Waals surface area contributed by atoms with Gasteiger partial charge in [-0.1, -0.05) is 0 Å². The quantitative estimate of drug-likeness (QED) is 0.603. The molecular weight excluding hydrogens is 227 g/mol. The molecule has 0 spiro atoms. The molecule has 2 aromatic rings. The lowest BCUT2D eigenvalue weighted by Crippen LogP contribution is -1.98. The Morgan fingerprint density at radius 2 is 2.29 bits per heavy atom. The summed E-state index contributed by atoms with van der Waals surface area (Å²) in [5.41, 5.74) is -0.0798. The van der Waals surface area contributed by atoms with E-state index in [0.717, 1.165) is 6.07 Å². The molecule has 1 heterocycles. The van der Waals surface area contributed by atoms with Gasteiger partial charge in [0.2, 0.25) is 0 Å². The van der Waals surface area contributed by atoms with Crippen LogP contribution in [0.25, 0.3) is 11.4 Å². The summed E-state index contributed by atoms with van der Waals surface area (Å²) in [4.78, 5) is 9.84. The number of nitro benzene ring substituents is 1. The standard InChI is InChI=1S/C10H9FN4O2/c1-2-14-6-12-13-10(14)8-4-3-7(15(16)17)5-9(8)11/h3-6H,2H2,1H3. The zero-order chi connectivity index (χ0) is 12.4. The minimum atomic E-state index is -0.679. The smallest absolute Gasteiger partial charge is 0.272 e. The highest BCUT2D eigenvalue weighted by atomic mass is 19.1. The third-order valence-corrected chi connectivity index (χ3v) is 2.36. The van der Waals surface area contributed by atoms with Crippen LogP contribution in [0.15, 0.2) is 24.5 Å². The van der Waals surface area contributed by atoms with Crippen molar-refractivity contribution in [3.63, 3.8) is 0 Å². The van der Waals surface area contributed by atoms with E-state index in [4.69, 9.17) is 0 Å². The summed E-state index contributed by atoms with van der Waals surface area (Å²) in [5.74, 6) is -0.318. The summed E-state index contributed by atoms with van der Waals surface area (Å²) >= 11 is 0. The predicted octanol–water partition coefficient (Wildman–Crippen LogP) is 2.01. The fourth-order valence-corrected chi connectivity index (χ4v) is 1.49. The van der Waals surface area contributed by atoms with E-state index >= 15 is 0 Å². The van der Waals surface area contributed by atoms with Gasteiger partial charge in [0.25, 0.3) is 5.69 Å². The molecule has 0 bridgehead atoms. The second-order valence-corrected chi connectivity index (χ2v) is 3.36. The van der Waals surface area contributed by atoms with Gasteiger partial charge < -0.3 is 4.57 Å². The first-order valence-electron chi connectivity index (χ1n) is 4.95. The fourth-order valence-electron chi connectivity index (χ4n) is 1.49. The van der Waals surface area contributed by atoms with Crippen LogP contribution in [-0.2, 0) is 6.54 Å². The Balaban J connectivity index is 2.50. The molecule has 0 fully saturated rings. The topological polar surface area (TPSA) is 73.8 Å². The van der Waals surface area contributed by atoms with E-state index in [1.807, 2.05) is 6.92 Å². The van der Waals surface area contributed by atoms with Gasteiger partial charge in [-0.25, -0.2) is 4.39 Å². The molecular formula is C10H9FN4O2. The third-order valence-electron chi connectivity index (χ3n) is 2.36. The molecule has 0 saturated carbocycles. The van der Waals surface area contributed by atoms with Gasteiger partial charge in [-0.3, -0.25) is 10.1 Å².